The summed E-state index contributed by atoms with van der Waals surface area (Å²) in [7, 11) is -3.71. The van der Waals surface area contributed by atoms with Crippen LogP contribution in [0.25, 0.3) is 0 Å². The van der Waals surface area contributed by atoms with Crippen LogP contribution in [0.1, 0.15) is 34.5 Å². The van der Waals surface area contributed by atoms with Crippen molar-refractivity contribution in [3.8, 4) is 0 Å². The average molecular weight is 289 g/mol. The molecule has 1 aliphatic carbocycles. The highest BCUT2D eigenvalue weighted by Gasteiger charge is 2.27. The number of aromatic carboxylic acids is 1. The zero-order valence-electron chi connectivity index (χ0n) is 9.97. The Bertz CT molecular complexity index is 558. The molecule has 7 heteroatoms. The van der Waals surface area contributed by atoms with Gasteiger partial charge >= 0.3 is 5.97 Å². The van der Waals surface area contributed by atoms with Gasteiger partial charge in [-0.3, -0.25) is 0 Å². The average Bonchev–Trinajstić information content (AvgIpc) is 2.98. The van der Waals surface area contributed by atoms with E-state index in [2.05, 4.69) is 4.72 Å². The lowest BCUT2D eigenvalue weighted by Crippen LogP contribution is -2.26. The van der Waals surface area contributed by atoms with Crippen LogP contribution in [0, 0.1) is 12.8 Å². The molecule has 0 aromatic carbocycles. The highest BCUT2D eigenvalue weighted by molar-refractivity contribution is 7.89. The fourth-order valence-electron chi connectivity index (χ4n) is 1.79. The second kappa shape index (κ2) is 4.99. The lowest BCUT2D eigenvalue weighted by Gasteiger charge is -2.07. The van der Waals surface area contributed by atoms with Crippen LogP contribution in [0.5, 0.6) is 0 Å². The molecular weight excluding hydrogens is 274 g/mol. The van der Waals surface area contributed by atoms with Crippen molar-refractivity contribution >= 4 is 27.3 Å². The van der Waals surface area contributed by atoms with Crippen molar-refractivity contribution in [3.63, 3.8) is 0 Å². The quantitative estimate of drug-likeness (QED) is 0.837. The van der Waals surface area contributed by atoms with Crippen molar-refractivity contribution in [1.82, 2.24) is 4.72 Å². The lowest BCUT2D eigenvalue weighted by atomic mass is 10.3. The number of hydrogen-bond donors (Lipinski definition) is 2. The van der Waals surface area contributed by atoms with Gasteiger partial charge in [-0.1, -0.05) is 12.8 Å². The molecule has 0 spiro atoms. The summed E-state index contributed by atoms with van der Waals surface area (Å²) >= 11 is 0.945. The number of carboxylic acid groups (broad SMARTS) is 1. The molecule has 5 nitrogen and oxygen atoms in total. The van der Waals surface area contributed by atoms with Gasteiger partial charge in [0.15, 0.2) is 0 Å². The van der Waals surface area contributed by atoms with Crippen LogP contribution in [-0.4, -0.2) is 26.0 Å². The largest absolute Gasteiger partial charge is 0.477 e. The first kappa shape index (κ1) is 13.5. The zero-order valence-corrected chi connectivity index (χ0v) is 11.6. The number of carbonyl (C=O) groups is 1. The van der Waals surface area contributed by atoms with Crippen LogP contribution in [0.15, 0.2) is 10.3 Å². The minimum Gasteiger partial charge on any atom is -0.477 e. The van der Waals surface area contributed by atoms with Crippen molar-refractivity contribution in [2.45, 2.75) is 31.1 Å². The molecule has 18 heavy (non-hydrogen) atoms. The summed E-state index contributed by atoms with van der Waals surface area (Å²) in [6.07, 6.45) is 3.16. The number of sulfonamides is 1. The maximum absolute atomic E-state index is 12.1. The number of hydrogen-bond acceptors (Lipinski definition) is 4. The topological polar surface area (TPSA) is 83.5 Å². The third-order valence-electron chi connectivity index (χ3n) is 2.92. The molecule has 1 saturated carbocycles. The maximum Gasteiger partial charge on any atom is 0.347 e. The van der Waals surface area contributed by atoms with Gasteiger partial charge in [0.2, 0.25) is 10.0 Å². The van der Waals surface area contributed by atoms with Gasteiger partial charge in [0.1, 0.15) is 9.77 Å². The molecule has 1 aliphatic rings. The van der Waals surface area contributed by atoms with E-state index in [0.29, 0.717) is 18.0 Å². The molecule has 0 unspecified atom stereocenters. The second-order valence-corrected chi connectivity index (χ2v) is 7.10. The molecule has 2 rings (SSSR count). The second-order valence-electron chi connectivity index (χ2n) is 4.51. The number of nitrogens with one attached hydrogen (secondary N) is 1. The van der Waals surface area contributed by atoms with Crippen molar-refractivity contribution in [1.29, 1.82) is 0 Å². The Morgan fingerprint density at radius 3 is 2.78 bits per heavy atom. The van der Waals surface area contributed by atoms with Crippen molar-refractivity contribution in [2.24, 2.45) is 5.92 Å². The predicted octanol–water partition coefficient (Wildman–Crippen LogP) is 1.83. The van der Waals surface area contributed by atoms with Gasteiger partial charge in [0.25, 0.3) is 0 Å². The SMILES string of the molecule is Cc1csc(C(=O)O)c1S(=O)(=O)NCCC1CC1. The van der Waals surface area contributed by atoms with Crippen LogP contribution in [0.2, 0.25) is 0 Å². The van der Waals surface area contributed by atoms with E-state index in [1.54, 1.807) is 12.3 Å². The number of thiophene rings is 1. The van der Waals surface area contributed by atoms with Crippen LogP contribution in [0.3, 0.4) is 0 Å². The Kier molecular flexibility index (Phi) is 3.74. The van der Waals surface area contributed by atoms with E-state index in [-0.39, 0.29) is 9.77 Å². The lowest BCUT2D eigenvalue weighted by molar-refractivity contribution is 0.0698. The zero-order chi connectivity index (χ0) is 13.3. The highest BCUT2D eigenvalue weighted by Crippen LogP contribution is 2.32. The molecule has 1 fully saturated rings. The molecule has 1 aromatic rings. The summed E-state index contributed by atoms with van der Waals surface area (Å²) in [4.78, 5) is 10.8. The van der Waals surface area contributed by atoms with Crippen molar-refractivity contribution < 1.29 is 18.3 Å². The first-order chi connectivity index (χ1) is 8.42. The third-order valence-corrected chi connectivity index (χ3v) is 5.79. The van der Waals surface area contributed by atoms with Gasteiger partial charge in [-0.05, 0) is 30.2 Å². The summed E-state index contributed by atoms with van der Waals surface area (Å²) in [5, 5.41) is 10.5. The van der Waals surface area contributed by atoms with Gasteiger partial charge in [-0.2, -0.15) is 0 Å². The Balaban J connectivity index is 2.16. The summed E-state index contributed by atoms with van der Waals surface area (Å²) in [5.74, 6) is -0.564. The molecular formula is C11H15NO4S2. The molecule has 2 N–H and O–H groups in total. The predicted molar refractivity (Wildman–Crippen MR) is 68.5 cm³/mol. The first-order valence-corrected chi connectivity index (χ1v) is 8.09. The molecule has 0 bridgehead atoms. The minimum atomic E-state index is -3.71. The van der Waals surface area contributed by atoms with Crippen LogP contribution in [-0.2, 0) is 10.0 Å². The smallest absolute Gasteiger partial charge is 0.347 e. The number of rotatable bonds is 6. The molecule has 100 valence electrons. The summed E-state index contributed by atoms with van der Waals surface area (Å²) < 4.78 is 26.6. The Hall–Kier alpha value is -0.920. The fraction of sp³-hybridized carbons (Fsp3) is 0.545. The van der Waals surface area contributed by atoms with E-state index in [1.807, 2.05) is 0 Å². The molecule has 1 aromatic heterocycles. The fourth-order valence-corrected chi connectivity index (χ4v) is 4.47. The van der Waals surface area contributed by atoms with Crippen molar-refractivity contribution in [3.05, 3.63) is 15.8 Å². The number of carboxylic acids is 1. The van der Waals surface area contributed by atoms with Gasteiger partial charge < -0.3 is 5.11 Å². The van der Waals surface area contributed by atoms with Crippen LogP contribution >= 0.6 is 11.3 Å². The van der Waals surface area contributed by atoms with E-state index >= 15 is 0 Å². The van der Waals surface area contributed by atoms with Crippen LogP contribution in [0.4, 0.5) is 0 Å². The maximum atomic E-state index is 12.1. The Morgan fingerprint density at radius 2 is 2.22 bits per heavy atom. The van der Waals surface area contributed by atoms with E-state index in [0.717, 1.165) is 17.8 Å². The first-order valence-electron chi connectivity index (χ1n) is 5.73. The van der Waals surface area contributed by atoms with Gasteiger partial charge in [-0.15, -0.1) is 11.3 Å². The molecule has 1 heterocycles. The minimum absolute atomic E-state index is 0.0872. The molecule has 0 amide bonds. The monoisotopic (exact) mass is 289 g/mol. The van der Waals surface area contributed by atoms with Gasteiger partial charge in [0, 0.05) is 6.54 Å². The Morgan fingerprint density at radius 1 is 1.56 bits per heavy atom. The molecule has 0 radical (unpaired) electrons. The number of aryl methyl sites for hydroxylation is 1. The van der Waals surface area contributed by atoms with E-state index in [1.165, 1.54) is 12.8 Å². The van der Waals surface area contributed by atoms with Gasteiger partial charge in [0.05, 0.1) is 0 Å². The highest BCUT2D eigenvalue weighted by atomic mass is 32.2. The third kappa shape index (κ3) is 2.90. The molecule has 0 atom stereocenters. The summed E-state index contributed by atoms with van der Waals surface area (Å²) in [6, 6.07) is 0. The van der Waals surface area contributed by atoms with Gasteiger partial charge in [-0.25, -0.2) is 17.9 Å². The standard InChI is InChI=1S/C11H15NO4S2/c1-7-6-17-9(11(13)14)10(7)18(15,16)12-5-4-8-2-3-8/h6,8,12H,2-5H2,1H3,(H,13,14). The van der Waals surface area contributed by atoms with E-state index in [4.69, 9.17) is 5.11 Å². The van der Waals surface area contributed by atoms with Crippen LogP contribution < -0.4 is 4.72 Å². The summed E-state index contributed by atoms with van der Waals surface area (Å²) in [6.45, 7) is 1.99. The normalized spacial score (nSPS) is 15.8. The summed E-state index contributed by atoms with van der Waals surface area (Å²) in [5.41, 5.74) is 0.483. The molecule has 0 aliphatic heterocycles. The van der Waals surface area contributed by atoms with E-state index in [9.17, 15) is 13.2 Å². The Labute approximate surface area is 110 Å². The van der Waals surface area contributed by atoms with E-state index < -0.39 is 16.0 Å². The van der Waals surface area contributed by atoms with Crippen molar-refractivity contribution in [2.75, 3.05) is 6.54 Å². The molecule has 0 saturated heterocycles.